The van der Waals surface area contributed by atoms with Gasteiger partial charge < -0.3 is 9.47 Å². The number of carbonyl (C=O) groups is 1. The number of methoxy groups -OCH3 is 1. The summed E-state index contributed by atoms with van der Waals surface area (Å²) in [6.45, 7) is 6.04. The average Bonchev–Trinajstić information content (AvgIpc) is 3.01. The zero-order valence-electron chi connectivity index (χ0n) is 22.6. The number of fused-ring (bicyclic) bond motifs is 6. The van der Waals surface area contributed by atoms with Gasteiger partial charge in [-0.15, -0.1) is 6.58 Å². The Labute approximate surface area is 234 Å². The smallest absolute Gasteiger partial charge is 0.339 e. The van der Waals surface area contributed by atoms with Crippen molar-refractivity contribution < 1.29 is 14.3 Å². The summed E-state index contributed by atoms with van der Waals surface area (Å²) in [7, 11) is 1.67. The third-order valence-corrected chi connectivity index (χ3v) is 8.99. The van der Waals surface area contributed by atoms with Crippen LogP contribution in [0.25, 0.3) is 32.4 Å². The summed E-state index contributed by atoms with van der Waals surface area (Å²) in [6, 6.07) is 26.3. The predicted octanol–water partition coefficient (Wildman–Crippen LogP) is 7.34. The van der Waals surface area contributed by atoms with Gasteiger partial charge in [0.25, 0.3) is 0 Å². The standard InChI is InChI=1S/C35H32N2O3/c1-3-22-21-37-16-14-25(22)19-33(37)34(28-13-15-36-32-12-11-27(39-2)20-31(28)32)40-35(38)29-10-6-9-26-17-23-7-4-5-8-24(23)18-30(26)29/h3-13,15,17-18,20,22,25,33-34H,1,14,16,19,21H2,2H3/t22-,25-,33+,34-/m0/s1. The molecule has 0 amide bonds. The first kappa shape index (κ1) is 24.8. The second-order valence-electron chi connectivity index (χ2n) is 11.1. The van der Waals surface area contributed by atoms with Crippen LogP contribution >= 0.6 is 0 Å². The molecule has 200 valence electrons. The Hall–Kier alpha value is -4.22. The number of carbonyl (C=O) groups excluding carboxylic acids is 1. The van der Waals surface area contributed by atoms with Crippen LogP contribution in [0.4, 0.5) is 0 Å². The lowest BCUT2D eigenvalue weighted by Gasteiger charge is -2.51. The molecule has 5 heteroatoms. The number of ether oxygens (including phenoxy) is 2. The summed E-state index contributed by atoms with van der Waals surface area (Å²) < 4.78 is 12.2. The molecule has 1 aromatic heterocycles. The molecule has 3 aliphatic heterocycles. The van der Waals surface area contributed by atoms with Crippen LogP contribution in [-0.2, 0) is 4.74 Å². The van der Waals surface area contributed by atoms with Gasteiger partial charge in [-0.25, -0.2) is 4.79 Å². The van der Waals surface area contributed by atoms with Gasteiger partial charge in [0.1, 0.15) is 11.9 Å². The summed E-state index contributed by atoms with van der Waals surface area (Å²) in [5, 5.41) is 5.14. The molecule has 5 nitrogen and oxygen atoms in total. The lowest BCUT2D eigenvalue weighted by Crippen LogP contribution is -2.55. The van der Waals surface area contributed by atoms with Crippen molar-refractivity contribution in [1.29, 1.82) is 0 Å². The molecule has 0 N–H and O–H groups in total. The van der Waals surface area contributed by atoms with Crippen molar-refractivity contribution in [2.24, 2.45) is 11.8 Å². The molecule has 4 aromatic carbocycles. The summed E-state index contributed by atoms with van der Waals surface area (Å²) in [5.41, 5.74) is 2.41. The van der Waals surface area contributed by atoms with Crippen LogP contribution in [-0.4, -0.2) is 42.1 Å². The molecule has 3 aliphatic rings. The van der Waals surface area contributed by atoms with Crippen LogP contribution < -0.4 is 4.74 Å². The lowest BCUT2D eigenvalue weighted by molar-refractivity contribution is -0.0567. The van der Waals surface area contributed by atoms with E-state index in [0.717, 1.165) is 69.7 Å². The molecule has 0 radical (unpaired) electrons. The molecular weight excluding hydrogens is 496 g/mol. The fourth-order valence-corrected chi connectivity index (χ4v) is 6.89. The second kappa shape index (κ2) is 10.1. The van der Waals surface area contributed by atoms with E-state index < -0.39 is 6.10 Å². The van der Waals surface area contributed by atoms with E-state index in [9.17, 15) is 4.79 Å². The Morgan fingerprint density at radius 3 is 2.60 bits per heavy atom. The van der Waals surface area contributed by atoms with Gasteiger partial charge in [-0.2, -0.15) is 0 Å². The van der Waals surface area contributed by atoms with E-state index in [-0.39, 0.29) is 12.0 Å². The van der Waals surface area contributed by atoms with Crippen molar-refractivity contribution in [2.45, 2.75) is 25.0 Å². The minimum Gasteiger partial charge on any atom is -0.497 e. The zero-order chi connectivity index (χ0) is 27.2. The molecule has 40 heavy (non-hydrogen) atoms. The van der Waals surface area contributed by atoms with Gasteiger partial charge in [0.15, 0.2) is 0 Å². The molecule has 5 atom stereocenters. The highest BCUT2D eigenvalue weighted by Gasteiger charge is 2.44. The van der Waals surface area contributed by atoms with E-state index in [4.69, 9.17) is 9.47 Å². The Kier molecular flexibility index (Phi) is 6.24. The van der Waals surface area contributed by atoms with Crippen LogP contribution in [0.3, 0.4) is 0 Å². The van der Waals surface area contributed by atoms with E-state index in [1.54, 1.807) is 7.11 Å². The molecule has 0 aliphatic carbocycles. The van der Waals surface area contributed by atoms with Gasteiger partial charge in [-0.3, -0.25) is 9.88 Å². The SMILES string of the molecule is C=C[C@H]1CN2CC[C@H]1C[C@@H]2[C@@H](OC(=O)c1cccc2cc3ccccc3cc12)c1ccnc2ccc(OC)cc12. The first-order valence-corrected chi connectivity index (χ1v) is 14.0. The minimum atomic E-state index is -0.450. The van der Waals surface area contributed by atoms with E-state index in [1.165, 1.54) is 0 Å². The first-order valence-electron chi connectivity index (χ1n) is 14.0. The Morgan fingerprint density at radius 2 is 1.82 bits per heavy atom. The van der Waals surface area contributed by atoms with Crippen molar-refractivity contribution in [3.05, 3.63) is 109 Å². The largest absolute Gasteiger partial charge is 0.497 e. The lowest BCUT2D eigenvalue weighted by atomic mass is 9.73. The average molecular weight is 529 g/mol. The normalized spacial score (nSPS) is 22.8. The molecule has 4 heterocycles. The quantitative estimate of drug-likeness (QED) is 0.131. The number of rotatable bonds is 6. The summed E-state index contributed by atoms with van der Waals surface area (Å²) in [5.74, 6) is 1.47. The number of benzene rings is 4. The van der Waals surface area contributed by atoms with Crippen molar-refractivity contribution in [3.63, 3.8) is 0 Å². The predicted molar refractivity (Wildman–Crippen MR) is 160 cm³/mol. The maximum absolute atomic E-state index is 14.1. The topological polar surface area (TPSA) is 51.7 Å². The number of nitrogens with zero attached hydrogens (tertiary/aromatic N) is 2. The van der Waals surface area contributed by atoms with Gasteiger partial charge in [-0.1, -0.05) is 42.5 Å². The fourth-order valence-electron chi connectivity index (χ4n) is 6.89. The molecular formula is C35H32N2O3. The van der Waals surface area contributed by atoms with Gasteiger partial charge in [0, 0.05) is 23.7 Å². The van der Waals surface area contributed by atoms with E-state index >= 15 is 0 Å². The molecule has 5 aromatic rings. The number of esters is 1. The summed E-state index contributed by atoms with van der Waals surface area (Å²) in [4.78, 5) is 21.2. The highest BCUT2D eigenvalue weighted by Crippen LogP contribution is 2.44. The molecule has 3 fully saturated rings. The third-order valence-electron chi connectivity index (χ3n) is 8.99. The van der Waals surface area contributed by atoms with E-state index in [0.29, 0.717) is 17.4 Å². The van der Waals surface area contributed by atoms with Crippen LogP contribution in [0.15, 0.2) is 97.7 Å². The molecule has 0 spiro atoms. The van der Waals surface area contributed by atoms with Gasteiger partial charge in [-0.05, 0) is 95.2 Å². The number of hydrogen-bond acceptors (Lipinski definition) is 5. The molecule has 8 rings (SSSR count). The minimum absolute atomic E-state index is 0.0755. The fraction of sp³-hybridized carbons (Fsp3) is 0.257. The van der Waals surface area contributed by atoms with E-state index in [1.807, 2.05) is 54.7 Å². The second-order valence-corrected chi connectivity index (χ2v) is 11.1. The van der Waals surface area contributed by atoms with Crippen molar-refractivity contribution in [3.8, 4) is 5.75 Å². The van der Waals surface area contributed by atoms with Crippen LogP contribution in [0.5, 0.6) is 5.75 Å². The Bertz CT molecular complexity index is 1760. The van der Waals surface area contributed by atoms with Crippen LogP contribution in [0, 0.1) is 11.8 Å². The monoisotopic (exact) mass is 528 g/mol. The number of pyridine rings is 1. The highest BCUT2D eigenvalue weighted by molar-refractivity contribution is 6.09. The summed E-state index contributed by atoms with van der Waals surface area (Å²) in [6.07, 6.45) is 5.58. The maximum Gasteiger partial charge on any atom is 0.339 e. The Balaban J connectivity index is 1.33. The maximum atomic E-state index is 14.1. The molecule has 3 saturated heterocycles. The number of hydrogen-bond donors (Lipinski definition) is 0. The molecule has 1 unspecified atom stereocenters. The van der Waals surface area contributed by atoms with Gasteiger partial charge >= 0.3 is 5.97 Å². The van der Waals surface area contributed by atoms with Gasteiger partial charge in [0.05, 0.1) is 24.2 Å². The summed E-state index contributed by atoms with van der Waals surface area (Å²) >= 11 is 0. The molecule has 0 saturated carbocycles. The van der Waals surface area contributed by atoms with Crippen molar-refractivity contribution in [2.75, 3.05) is 20.2 Å². The third kappa shape index (κ3) is 4.22. The number of aromatic nitrogens is 1. The highest BCUT2D eigenvalue weighted by atomic mass is 16.5. The number of piperidine rings is 3. The van der Waals surface area contributed by atoms with Crippen molar-refractivity contribution >= 4 is 38.4 Å². The zero-order valence-corrected chi connectivity index (χ0v) is 22.6. The first-order chi connectivity index (χ1) is 19.6. The van der Waals surface area contributed by atoms with Crippen molar-refractivity contribution in [1.82, 2.24) is 9.88 Å². The van der Waals surface area contributed by atoms with Gasteiger partial charge in [0.2, 0.25) is 0 Å². The van der Waals surface area contributed by atoms with Crippen LogP contribution in [0.2, 0.25) is 0 Å². The Morgan fingerprint density at radius 1 is 1.00 bits per heavy atom. The molecule has 2 bridgehead atoms. The van der Waals surface area contributed by atoms with E-state index in [2.05, 4.69) is 52.9 Å². The van der Waals surface area contributed by atoms with Crippen LogP contribution in [0.1, 0.15) is 34.9 Å².